The van der Waals surface area contributed by atoms with E-state index in [4.69, 9.17) is 25.8 Å². The van der Waals surface area contributed by atoms with Gasteiger partial charge in [0, 0.05) is 17.0 Å². The number of carbonyl (C=O) groups excluding carboxylic acids is 1. The minimum absolute atomic E-state index is 0.262. The molecule has 0 unspecified atom stereocenters. The van der Waals surface area contributed by atoms with Crippen LogP contribution in [0.3, 0.4) is 0 Å². The summed E-state index contributed by atoms with van der Waals surface area (Å²) in [5.41, 5.74) is 0.378. The van der Waals surface area contributed by atoms with Crippen molar-refractivity contribution in [1.82, 2.24) is 5.32 Å². The minimum Gasteiger partial charge on any atom is -0.496 e. The van der Waals surface area contributed by atoms with Gasteiger partial charge in [0.2, 0.25) is 0 Å². The van der Waals surface area contributed by atoms with E-state index in [0.29, 0.717) is 33.7 Å². The Bertz CT molecular complexity index is 672. The van der Waals surface area contributed by atoms with Crippen molar-refractivity contribution in [3.05, 3.63) is 39.0 Å². The van der Waals surface area contributed by atoms with Gasteiger partial charge in [-0.1, -0.05) is 11.6 Å². The summed E-state index contributed by atoms with van der Waals surface area (Å²) in [4.78, 5) is 13.3. The van der Waals surface area contributed by atoms with Gasteiger partial charge >= 0.3 is 0 Å². The molecule has 1 aromatic heterocycles. The maximum atomic E-state index is 12.4. The Morgan fingerprint density at radius 3 is 2.27 bits per heavy atom. The predicted octanol–water partition coefficient (Wildman–Crippen LogP) is 3.36. The topological polar surface area (TPSA) is 56.8 Å². The molecule has 0 aliphatic rings. The summed E-state index contributed by atoms with van der Waals surface area (Å²) in [6, 6.07) is 6.88. The Kier molecular flexibility index (Phi) is 5.51. The van der Waals surface area contributed by atoms with Gasteiger partial charge in [-0.2, -0.15) is 0 Å². The van der Waals surface area contributed by atoms with Crippen molar-refractivity contribution in [3.8, 4) is 17.2 Å². The highest BCUT2D eigenvalue weighted by molar-refractivity contribution is 7.16. The third-order valence-electron chi connectivity index (χ3n) is 3.00. The summed E-state index contributed by atoms with van der Waals surface area (Å²) in [6.45, 7) is 0.397. The Morgan fingerprint density at radius 2 is 1.73 bits per heavy atom. The van der Waals surface area contributed by atoms with Crippen LogP contribution < -0.4 is 19.5 Å². The van der Waals surface area contributed by atoms with E-state index >= 15 is 0 Å². The number of hydrogen-bond acceptors (Lipinski definition) is 5. The number of benzene rings is 1. The van der Waals surface area contributed by atoms with E-state index < -0.39 is 0 Å². The normalized spacial score (nSPS) is 10.2. The van der Waals surface area contributed by atoms with Crippen LogP contribution in [0.1, 0.15) is 15.2 Å². The molecule has 0 radical (unpaired) electrons. The zero-order chi connectivity index (χ0) is 16.1. The van der Waals surface area contributed by atoms with E-state index in [-0.39, 0.29) is 5.91 Å². The molecule has 1 heterocycles. The predicted molar refractivity (Wildman–Crippen MR) is 86.6 cm³/mol. The summed E-state index contributed by atoms with van der Waals surface area (Å²) in [6.07, 6.45) is 0. The number of methoxy groups -OCH3 is 3. The second-order valence-electron chi connectivity index (χ2n) is 4.30. The van der Waals surface area contributed by atoms with Crippen LogP contribution in [0.2, 0.25) is 4.34 Å². The maximum Gasteiger partial charge on any atom is 0.255 e. The van der Waals surface area contributed by atoms with Gasteiger partial charge in [0.25, 0.3) is 5.91 Å². The third kappa shape index (κ3) is 3.64. The van der Waals surface area contributed by atoms with Crippen LogP contribution in [-0.2, 0) is 6.54 Å². The first-order valence-electron chi connectivity index (χ1n) is 6.41. The SMILES string of the molecule is COc1cc(OC)c(C(=O)NCc2ccc(Cl)s2)cc1OC. The average Bonchev–Trinajstić information content (AvgIpc) is 2.96. The number of hydrogen-bond donors (Lipinski definition) is 1. The molecule has 0 fully saturated rings. The molecular weight excluding hydrogens is 326 g/mol. The second kappa shape index (κ2) is 7.38. The zero-order valence-electron chi connectivity index (χ0n) is 12.4. The molecule has 0 atom stereocenters. The van der Waals surface area contributed by atoms with E-state index in [0.717, 1.165) is 4.88 Å². The van der Waals surface area contributed by atoms with Crippen molar-refractivity contribution in [1.29, 1.82) is 0 Å². The fourth-order valence-electron chi connectivity index (χ4n) is 1.92. The van der Waals surface area contributed by atoms with Gasteiger partial charge in [0.15, 0.2) is 11.5 Å². The quantitative estimate of drug-likeness (QED) is 0.875. The summed E-state index contributed by atoms with van der Waals surface area (Å²) in [5, 5.41) is 2.83. The molecule has 0 spiro atoms. The summed E-state index contributed by atoms with van der Waals surface area (Å²) >= 11 is 7.29. The van der Waals surface area contributed by atoms with Crippen molar-refractivity contribution in [2.45, 2.75) is 6.54 Å². The molecule has 1 N–H and O–H groups in total. The van der Waals surface area contributed by atoms with Gasteiger partial charge in [-0.25, -0.2) is 0 Å². The monoisotopic (exact) mass is 341 g/mol. The molecule has 1 amide bonds. The van der Waals surface area contributed by atoms with Crippen molar-refractivity contribution < 1.29 is 19.0 Å². The van der Waals surface area contributed by atoms with Crippen LogP contribution in [-0.4, -0.2) is 27.2 Å². The number of thiophene rings is 1. The molecule has 118 valence electrons. The first-order chi connectivity index (χ1) is 10.6. The van der Waals surface area contributed by atoms with Gasteiger partial charge in [0.1, 0.15) is 5.75 Å². The summed E-state index contributed by atoms with van der Waals surface area (Å²) < 4.78 is 16.4. The van der Waals surface area contributed by atoms with Crippen molar-refractivity contribution in [2.24, 2.45) is 0 Å². The molecule has 5 nitrogen and oxygen atoms in total. The minimum atomic E-state index is -0.262. The van der Waals surface area contributed by atoms with Gasteiger partial charge in [-0.3, -0.25) is 4.79 Å². The number of ether oxygens (including phenoxy) is 3. The molecule has 0 saturated carbocycles. The highest BCUT2D eigenvalue weighted by Crippen LogP contribution is 2.34. The lowest BCUT2D eigenvalue weighted by Gasteiger charge is -2.13. The second-order valence-corrected chi connectivity index (χ2v) is 6.10. The van der Waals surface area contributed by atoms with E-state index in [1.165, 1.54) is 32.7 Å². The van der Waals surface area contributed by atoms with Crippen molar-refractivity contribution in [3.63, 3.8) is 0 Å². The van der Waals surface area contributed by atoms with Gasteiger partial charge in [0.05, 0.1) is 37.8 Å². The summed E-state index contributed by atoms with van der Waals surface area (Å²) in [5.74, 6) is 1.12. The average molecular weight is 342 g/mol. The Balaban J connectivity index is 2.20. The van der Waals surface area contributed by atoms with Crippen LogP contribution in [0.25, 0.3) is 0 Å². The van der Waals surface area contributed by atoms with Gasteiger partial charge < -0.3 is 19.5 Å². The van der Waals surface area contributed by atoms with Crippen LogP contribution in [0.4, 0.5) is 0 Å². The van der Waals surface area contributed by atoms with Crippen LogP contribution in [0, 0.1) is 0 Å². The fourth-order valence-corrected chi connectivity index (χ4v) is 2.94. The largest absolute Gasteiger partial charge is 0.496 e. The number of rotatable bonds is 6. The molecule has 2 aromatic rings. The van der Waals surface area contributed by atoms with Crippen LogP contribution >= 0.6 is 22.9 Å². The van der Waals surface area contributed by atoms with E-state index in [1.807, 2.05) is 6.07 Å². The third-order valence-corrected chi connectivity index (χ3v) is 4.23. The first kappa shape index (κ1) is 16.5. The van der Waals surface area contributed by atoms with Crippen molar-refractivity contribution >= 4 is 28.8 Å². The summed E-state index contributed by atoms with van der Waals surface area (Å²) in [7, 11) is 4.54. The molecular formula is C15H16ClNO4S. The lowest BCUT2D eigenvalue weighted by Crippen LogP contribution is -2.23. The van der Waals surface area contributed by atoms with Gasteiger partial charge in [-0.05, 0) is 12.1 Å². The lowest BCUT2D eigenvalue weighted by atomic mass is 10.1. The fraction of sp³-hybridized carbons (Fsp3) is 0.267. The number of amides is 1. The van der Waals surface area contributed by atoms with E-state index in [1.54, 1.807) is 18.2 Å². The van der Waals surface area contributed by atoms with Crippen LogP contribution in [0.15, 0.2) is 24.3 Å². The molecule has 22 heavy (non-hydrogen) atoms. The number of carbonyl (C=O) groups is 1. The molecule has 0 aliphatic carbocycles. The van der Waals surface area contributed by atoms with E-state index in [9.17, 15) is 4.79 Å². The van der Waals surface area contributed by atoms with Crippen LogP contribution in [0.5, 0.6) is 17.2 Å². The zero-order valence-corrected chi connectivity index (χ0v) is 14.0. The first-order valence-corrected chi connectivity index (χ1v) is 7.61. The molecule has 1 aromatic carbocycles. The lowest BCUT2D eigenvalue weighted by molar-refractivity contribution is 0.0948. The molecule has 2 rings (SSSR count). The molecule has 0 aliphatic heterocycles. The Labute approximate surface area is 137 Å². The number of nitrogens with one attached hydrogen (secondary N) is 1. The highest BCUT2D eigenvalue weighted by atomic mass is 35.5. The number of halogens is 1. The van der Waals surface area contributed by atoms with Gasteiger partial charge in [-0.15, -0.1) is 11.3 Å². The highest BCUT2D eigenvalue weighted by Gasteiger charge is 2.17. The Morgan fingerprint density at radius 1 is 1.09 bits per heavy atom. The molecule has 0 saturated heterocycles. The maximum absolute atomic E-state index is 12.4. The smallest absolute Gasteiger partial charge is 0.255 e. The van der Waals surface area contributed by atoms with Crippen molar-refractivity contribution in [2.75, 3.05) is 21.3 Å². The Hall–Kier alpha value is -1.92. The standard InChI is InChI=1S/C15H16ClNO4S/c1-19-11-7-13(21-3)12(20-2)6-10(11)15(18)17-8-9-4-5-14(16)22-9/h4-7H,8H2,1-3H3,(H,17,18). The van der Waals surface area contributed by atoms with E-state index in [2.05, 4.69) is 5.32 Å². The molecule has 7 heteroatoms. The molecule has 0 bridgehead atoms.